The Morgan fingerprint density at radius 3 is 3.00 bits per heavy atom. The zero-order valence-electron chi connectivity index (χ0n) is 19.8. The molecule has 3 aromatic heterocycles. The van der Waals surface area contributed by atoms with Crippen molar-refractivity contribution >= 4 is 28.5 Å². The number of aromatic amines is 1. The lowest BCUT2D eigenvalue weighted by molar-refractivity contribution is 0.0996. The number of aromatic nitrogens is 5. The average molecular weight is 476 g/mol. The van der Waals surface area contributed by atoms with Gasteiger partial charge in [-0.2, -0.15) is 10.2 Å². The van der Waals surface area contributed by atoms with Crippen LogP contribution in [-0.2, 0) is 29.7 Å². The first kappa shape index (κ1) is 22.9. The van der Waals surface area contributed by atoms with E-state index < -0.39 is 6.09 Å². The molecule has 2 atom stereocenters. The van der Waals surface area contributed by atoms with Gasteiger partial charge in [-0.25, -0.2) is 4.79 Å². The SMILES string of the molecule is COCc1nn(C)c2c(Nc3cc([C@H]4CC[C@@H](OC(=O)NCc5cccnc5)C4)[nH]n3)cccc12. The number of pyridine rings is 1. The maximum absolute atomic E-state index is 12.2. The van der Waals surface area contributed by atoms with E-state index in [1.165, 1.54) is 0 Å². The van der Waals surface area contributed by atoms with Crippen LogP contribution >= 0.6 is 0 Å². The zero-order valence-corrected chi connectivity index (χ0v) is 19.8. The second-order valence-corrected chi connectivity index (χ2v) is 8.79. The van der Waals surface area contributed by atoms with Gasteiger partial charge in [0.2, 0.25) is 0 Å². The Kier molecular flexibility index (Phi) is 6.62. The summed E-state index contributed by atoms with van der Waals surface area (Å²) in [5.41, 5.74) is 4.79. The molecule has 1 aliphatic carbocycles. The molecule has 0 saturated heterocycles. The predicted molar refractivity (Wildman–Crippen MR) is 131 cm³/mol. The van der Waals surface area contributed by atoms with Crippen molar-refractivity contribution in [3.63, 3.8) is 0 Å². The predicted octanol–water partition coefficient (Wildman–Crippen LogP) is 4.14. The number of amides is 1. The van der Waals surface area contributed by atoms with Crippen LogP contribution in [0.5, 0.6) is 0 Å². The highest BCUT2D eigenvalue weighted by molar-refractivity contribution is 5.94. The molecule has 35 heavy (non-hydrogen) atoms. The maximum Gasteiger partial charge on any atom is 0.407 e. The molecule has 4 aromatic rings. The van der Waals surface area contributed by atoms with Crippen LogP contribution in [0.4, 0.5) is 16.3 Å². The van der Waals surface area contributed by atoms with E-state index >= 15 is 0 Å². The molecule has 10 heteroatoms. The summed E-state index contributed by atoms with van der Waals surface area (Å²) >= 11 is 0. The molecule has 1 saturated carbocycles. The van der Waals surface area contributed by atoms with Crippen molar-refractivity contribution in [3.8, 4) is 0 Å². The van der Waals surface area contributed by atoms with Crippen molar-refractivity contribution in [1.82, 2.24) is 30.3 Å². The number of H-pyrrole nitrogens is 1. The van der Waals surface area contributed by atoms with E-state index in [0.29, 0.717) is 13.2 Å². The molecule has 3 N–H and O–H groups in total. The number of nitrogens with zero attached hydrogens (tertiary/aromatic N) is 4. The molecule has 1 fully saturated rings. The maximum atomic E-state index is 12.2. The quantitative estimate of drug-likeness (QED) is 0.350. The fourth-order valence-corrected chi connectivity index (χ4v) is 4.70. The first-order chi connectivity index (χ1) is 17.1. The Morgan fingerprint density at radius 1 is 1.26 bits per heavy atom. The van der Waals surface area contributed by atoms with Crippen molar-refractivity contribution < 1.29 is 14.3 Å². The van der Waals surface area contributed by atoms with E-state index in [9.17, 15) is 4.79 Å². The lowest BCUT2D eigenvalue weighted by Gasteiger charge is -2.13. The van der Waals surface area contributed by atoms with Gasteiger partial charge in [0, 0.05) is 56.2 Å². The monoisotopic (exact) mass is 475 g/mol. The minimum atomic E-state index is -0.399. The number of carbonyl (C=O) groups is 1. The lowest BCUT2D eigenvalue weighted by Crippen LogP contribution is -2.27. The fraction of sp³-hybridized carbons (Fsp3) is 0.360. The van der Waals surface area contributed by atoms with Gasteiger partial charge < -0.3 is 20.1 Å². The number of alkyl carbamates (subject to hydrolysis) is 1. The van der Waals surface area contributed by atoms with Gasteiger partial charge in [0.15, 0.2) is 5.82 Å². The summed E-state index contributed by atoms with van der Waals surface area (Å²) < 4.78 is 12.8. The molecular weight excluding hydrogens is 446 g/mol. The Hall–Kier alpha value is -3.92. The van der Waals surface area contributed by atoms with Crippen molar-refractivity contribution in [1.29, 1.82) is 0 Å². The number of anilines is 2. The fourth-order valence-electron chi connectivity index (χ4n) is 4.70. The van der Waals surface area contributed by atoms with E-state index in [-0.39, 0.29) is 12.0 Å². The molecule has 1 amide bonds. The van der Waals surface area contributed by atoms with Crippen molar-refractivity contribution in [3.05, 3.63) is 65.7 Å². The molecule has 0 spiro atoms. The molecule has 10 nitrogen and oxygen atoms in total. The third-order valence-corrected chi connectivity index (χ3v) is 6.34. The van der Waals surface area contributed by atoms with E-state index in [1.54, 1.807) is 19.5 Å². The molecule has 0 radical (unpaired) electrons. The van der Waals surface area contributed by atoms with Crippen LogP contribution in [0.3, 0.4) is 0 Å². The summed E-state index contributed by atoms with van der Waals surface area (Å²) in [5, 5.41) is 19.5. The van der Waals surface area contributed by atoms with E-state index in [4.69, 9.17) is 9.47 Å². The Bertz CT molecular complexity index is 1300. The number of hydrogen-bond donors (Lipinski definition) is 3. The largest absolute Gasteiger partial charge is 0.446 e. The average Bonchev–Trinajstić information content (AvgIpc) is 3.59. The standard InChI is InChI=1S/C25H29N7O3/c1-32-24-19(22(31-32)15-34-2)6-3-7-20(24)28-23-12-21(29-30-23)17-8-9-18(11-17)35-25(33)27-14-16-5-4-10-26-13-16/h3-7,10,12-13,17-18H,8-9,11,14-15H2,1-2H3,(H,27,33)(H2,28,29,30)/t17-,18+/m0/s1. The van der Waals surface area contributed by atoms with E-state index in [1.807, 2.05) is 48.1 Å². The first-order valence-corrected chi connectivity index (χ1v) is 11.7. The summed E-state index contributed by atoms with van der Waals surface area (Å²) in [4.78, 5) is 16.3. The second-order valence-electron chi connectivity index (χ2n) is 8.79. The zero-order chi connectivity index (χ0) is 24.2. The van der Waals surface area contributed by atoms with Crippen LogP contribution in [0, 0.1) is 0 Å². The second kappa shape index (κ2) is 10.1. The summed E-state index contributed by atoms with van der Waals surface area (Å²) in [6.07, 6.45) is 5.43. The molecular formula is C25H29N7O3. The minimum Gasteiger partial charge on any atom is -0.446 e. The first-order valence-electron chi connectivity index (χ1n) is 11.7. The molecule has 1 aliphatic rings. The number of fused-ring (bicyclic) bond motifs is 1. The van der Waals surface area contributed by atoms with Crippen molar-refractivity contribution in [2.75, 3.05) is 12.4 Å². The molecule has 5 rings (SSSR count). The molecule has 0 unspecified atom stereocenters. The van der Waals surface area contributed by atoms with Gasteiger partial charge in [-0.3, -0.25) is 14.8 Å². The Morgan fingerprint density at radius 2 is 2.17 bits per heavy atom. The van der Waals surface area contributed by atoms with Crippen LogP contribution in [-0.4, -0.2) is 44.3 Å². The van der Waals surface area contributed by atoms with Gasteiger partial charge in [-0.15, -0.1) is 0 Å². The van der Waals surface area contributed by atoms with Crippen LogP contribution in [0.1, 0.15) is 42.1 Å². The Labute approximate surface area is 203 Å². The van der Waals surface area contributed by atoms with Crippen molar-refractivity contribution in [2.45, 2.75) is 44.4 Å². The number of nitrogens with one attached hydrogen (secondary N) is 3. The number of methoxy groups -OCH3 is 1. The number of carbonyl (C=O) groups excluding carboxylic acids is 1. The summed E-state index contributed by atoms with van der Waals surface area (Å²) in [7, 11) is 3.59. The third-order valence-electron chi connectivity index (χ3n) is 6.34. The minimum absolute atomic E-state index is 0.115. The van der Waals surface area contributed by atoms with Gasteiger partial charge in [0.1, 0.15) is 6.10 Å². The smallest absolute Gasteiger partial charge is 0.407 e. The van der Waals surface area contributed by atoms with Gasteiger partial charge in [-0.05, 0) is 37.0 Å². The summed E-state index contributed by atoms with van der Waals surface area (Å²) in [5.74, 6) is 0.996. The molecule has 3 heterocycles. The summed E-state index contributed by atoms with van der Waals surface area (Å²) in [6, 6.07) is 11.8. The normalized spacial score (nSPS) is 17.5. The highest BCUT2D eigenvalue weighted by Crippen LogP contribution is 2.36. The van der Waals surface area contributed by atoms with Crippen LogP contribution in [0.2, 0.25) is 0 Å². The molecule has 0 aliphatic heterocycles. The van der Waals surface area contributed by atoms with Gasteiger partial charge >= 0.3 is 6.09 Å². The Balaban J connectivity index is 1.19. The molecule has 182 valence electrons. The van der Waals surface area contributed by atoms with Gasteiger partial charge in [0.05, 0.1) is 23.5 Å². The van der Waals surface area contributed by atoms with Gasteiger partial charge in [-0.1, -0.05) is 18.2 Å². The van der Waals surface area contributed by atoms with E-state index in [0.717, 1.165) is 58.6 Å². The third kappa shape index (κ3) is 5.12. The number of hydrogen-bond acceptors (Lipinski definition) is 7. The number of rotatable bonds is 8. The number of ether oxygens (including phenoxy) is 2. The topological polar surface area (TPSA) is 119 Å². The number of para-hydroxylation sites is 1. The molecule has 1 aromatic carbocycles. The number of benzene rings is 1. The number of aryl methyl sites for hydroxylation is 1. The lowest BCUT2D eigenvalue weighted by atomic mass is 10.0. The van der Waals surface area contributed by atoms with Crippen molar-refractivity contribution in [2.24, 2.45) is 7.05 Å². The van der Waals surface area contributed by atoms with E-state index in [2.05, 4.69) is 30.9 Å². The summed E-state index contributed by atoms with van der Waals surface area (Å²) in [6.45, 7) is 0.856. The van der Waals surface area contributed by atoms with Crippen LogP contribution < -0.4 is 10.6 Å². The highest BCUT2D eigenvalue weighted by Gasteiger charge is 2.30. The molecule has 0 bridgehead atoms. The highest BCUT2D eigenvalue weighted by atomic mass is 16.6. The van der Waals surface area contributed by atoms with Gasteiger partial charge in [0.25, 0.3) is 0 Å². The van der Waals surface area contributed by atoms with Crippen LogP contribution in [0.25, 0.3) is 10.9 Å². The van der Waals surface area contributed by atoms with Crippen LogP contribution in [0.15, 0.2) is 48.8 Å².